The SMILES string of the molecule is Cn1nc([N+](=O)[O-])nc1NN=Cc1cc([N+](=O)[O-])ccc1O. The van der Waals surface area contributed by atoms with Crippen LogP contribution in [0.15, 0.2) is 23.3 Å². The maximum absolute atomic E-state index is 10.6. The minimum Gasteiger partial charge on any atom is -0.507 e. The first kappa shape index (κ1) is 14.8. The molecule has 0 saturated heterocycles. The van der Waals surface area contributed by atoms with Gasteiger partial charge in [0.25, 0.3) is 5.69 Å². The maximum atomic E-state index is 10.6. The Balaban J connectivity index is 2.17. The Hall–Kier alpha value is -3.57. The molecule has 0 radical (unpaired) electrons. The summed E-state index contributed by atoms with van der Waals surface area (Å²) < 4.78 is 1.10. The molecule has 2 aromatic rings. The van der Waals surface area contributed by atoms with Crippen LogP contribution in [0.1, 0.15) is 5.56 Å². The average molecular weight is 307 g/mol. The summed E-state index contributed by atoms with van der Waals surface area (Å²) >= 11 is 0. The van der Waals surface area contributed by atoms with E-state index in [0.717, 1.165) is 29.1 Å². The number of nitro benzene ring substituents is 1. The Labute approximate surface area is 122 Å². The minimum atomic E-state index is -0.763. The zero-order valence-corrected chi connectivity index (χ0v) is 11.1. The van der Waals surface area contributed by atoms with Crippen LogP contribution in [-0.4, -0.2) is 35.9 Å². The number of nitrogens with zero attached hydrogens (tertiary/aromatic N) is 6. The van der Waals surface area contributed by atoms with Gasteiger partial charge in [-0.15, -0.1) is 0 Å². The van der Waals surface area contributed by atoms with E-state index >= 15 is 0 Å². The summed E-state index contributed by atoms with van der Waals surface area (Å²) in [4.78, 5) is 23.3. The molecule has 1 heterocycles. The van der Waals surface area contributed by atoms with E-state index in [0.29, 0.717) is 0 Å². The molecular weight excluding hydrogens is 298 g/mol. The standard InChI is InChI=1S/C10H9N7O5/c1-15-9(12-10(14-15)17(21)22)13-11-5-6-4-7(16(19)20)2-3-8(6)18/h2-5,18H,1H3,(H,12,13,14). The van der Waals surface area contributed by atoms with Gasteiger partial charge < -0.3 is 15.2 Å². The molecule has 0 bridgehead atoms. The summed E-state index contributed by atoms with van der Waals surface area (Å²) in [5.41, 5.74) is 2.27. The van der Waals surface area contributed by atoms with Crippen molar-refractivity contribution in [1.82, 2.24) is 14.8 Å². The molecule has 0 aliphatic rings. The summed E-state index contributed by atoms with van der Waals surface area (Å²) in [6.45, 7) is 0. The van der Waals surface area contributed by atoms with E-state index in [9.17, 15) is 25.3 Å². The zero-order chi connectivity index (χ0) is 16.3. The number of anilines is 1. The zero-order valence-electron chi connectivity index (χ0n) is 11.1. The Morgan fingerprint density at radius 3 is 2.68 bits per heavy atom. The lowest BCUT2D eigenvalue weighted by atomic mass is 10.2. The third-order valence-corrected chi connectivity index (χ3v) is 2.51. The van der Waals surface area contributed by atoms with Crippen molar-refractivity contribution in [1.29, 1.82) is 0 Å². The predicted octanol–water partition coefficient (Wildman–Crippen LogP) is 0.783. The molecule has 1 aromatic carbocycles. The quantitative estimate of drug-likeness (QED) is 0.465. The first-order valence-electron chi connectivity index (χ1n) is 5.70. The van der Waals surface area contributed by atoms with Gasteiger partial charge in [0.2, 0.25) is 0 Å². The van der Waals surface area contributed by atoms with Crippen molar-refractivity contribution in [3.63, 3.8) is 0 Å². The predicted molar refractivity (Wildman–Crippen MR) is 73.6 cm³/mol. The first-order chi connectivity index (χ1) is 10.4. The third kappa shape index (κ3) is 3.12. The number of hydrogen-bond acceptors (Lipinski definition) is 9. The Kier molecular flexibility index (Phi) is 3.92. The van der Waals surface area contributed by atoms with E-state index < -0.39 is 15.8 Å². The molecule has 2 N–H and O–H groups in total. The molecule has 12 heteroatoms. The largest absolute Gasteiger partial charge is 0.507 e. The molecule has 0 aliphatic heterocycles. The summed E-state index contributed by atoms with van der Waals surface area (Å²) in [5.74, 6) is -0.814. The second-order valence-corrected chi connectivity index (χ2v) is 3.99. The van der Waals surface area contributed by atoms with Gasteiger partial charge >= 0.3 is 11.9 Å². The van der Waals surface area contributed by atoms with Gasteiger partial charge in [-0.25, -0.2) is 5.43 Å². The van der Waals surface area contributed by atoms with Crippen molar-refractivity contribution in [3.8, 4) is 5.75 Å². The maximum Gasteiger partial charge on any atom is 0.493 e. The highest BCUT2D eigenvalue weighted by molar-refractivity contribution is 5.84. The molecule has 2 rings (SSSR count). The monoisotopic (exact) mass is 307 g/mol. The van der Waals surface area contributed by atoms with Gasteiger partial charge in [0.15, 0.2) is 0 Å². The van der Waals surface area contributed by atoms with Gasteiger partial charge in [-0.3, -0.25) is 10.1 Å². The van der Waals surface area contributed by atoms with Crippen molar-refractivity contribution >= 4 is 23.8 Å². The summed E-state index contributed by atoms with van der Waals surface area (Å²) in [6.07, 6.45) is 1.11. The molecular formula is C10H9N7O5. The van der Waals surface area contributed by atoms with Crippen molar-refractivity contribution in [2.45, 2.75) is 0 Å². The van der Waals surface area contributed by atoms with Crippen molar-refractivity contribution in [3.05, 3.63) is 44.0 Å². The molecule has 0 saturated carbocycles. The highest BCUT2D eigenvalue weighted by Crippen LogP contribution is 2.21. The van der Waals surface area contributed by atoms with E-state index in [-0.39, 0.29) is 22.9 Å². The van der Waals surface area contributed by atoms with E-state index in [1.54, 1.807) is 0 Å². The highest BCUT2D eigenvalue weighted by atomic mass is 16.6. The molecule has 22 heavy (non-hydrogen) atoms. The number of rotatable bonds is 5. The van der Waals surface area contributed by atoms with Crippen LogP contribution in [0.25, 0.3) is 0 Å². The number of aryl methyl sites for hydroxylation is 1. The van der Waals surface area contributed by atoms with E-state index in [4.69, 9.17) is 0 Å². The first-order valence-corrected chi connectivity index (χ1v) is 5.70. The van der Waals surface area contributed by atoms with Crippen LogP contribution in [-0.2, 0) is 7.05 Å². The van der Waals surface area contributed by atoms with E-state index in [2.05, 4.69) is 20.6 Å². The normalized spacial score (nSPS) is 10.8. The summed E-state index contributed by atoms with van der Waals surface area (Å²) in [6, 6.07) is 3.43. The van der Waals surface area contributed by atoms with Crippen LogP contribution in [0.4, 0.5) is 17.6 Å². The van der Waals surface area contributed by atoms with Crippen molar-refractivity contribution < 1.29 is 15.0 Å². The smallest absolute Gasteiger partial charge is 0.493 e. The lowest BCUT2D eigenvalue weighted by Gasteiger charge is -1.98. The lowest BCUT2D eigenvalue weighted by Crippen LogP contribution is -2.00. The number of phenols is 1. The van der Waals surface area contributed by atoms with Crippen LogP contribution in [0.3, 0.4) is 0 Å². The van der Waals surface area contributed by atoms with E-state index in [1.807, 2.05) is 0 Å². The van der Waals surface area contributed by atoms with Gasteiger partial charge in [0.05, 0.1) is 11.1 Å². The molecule has 12 nitrogen and oxygen atoms in total. The molecule has 1 aromatic heterocycles. The fourth-order valence-corrected chi connectivity index (χ4v) is 1.46. The number of nitrogens with one attached hydrogen (secondary N) is 1. The van der Waals surface area contributed by atoms with Crippen LogP contribution < -0.4 is 5.43 Å². The van der Waals surface area contributed by atoms with Gasteiger partial charge in [-0.1, -0.05) is 0 Å². The minimum absolute atomic E-state index is 0.00660. The lowest BCUT2D eigenvalue weighted by molar-refractivity contribution is -0.394. The molecule has 0 aliphatic carbocycles. The fraction of sp³-hybridized carbons (Fsp3) is 0.100. The number of aromatic nitrogens is 3. The fourth-order valence-electron chi connectivity index (χ4n) is 1.46. The molecule has 114 valence electrons. The van der Waals surface area contributed by atoms with Crippen LogP contribution >= 0.6 is 0 Å². The van der Waals surface area contributed by atoms with Crippen LogP contribution in [0.2, 0.25) is 0 Å². The molecule has 0 unspecified atom stereocenters. The van der Waals surface area contributed by atoms with Gasteiger partial charge in [-0.2, -0.15) is 9.78 Å². The molecule has 0 fully saturated rings. The number of hydrogen-bond donors (Lipinski definition) is 2. The Morgan fingerprint density at radius 2 is 2.09 bits per heavy atom. The topological polar surface area (TPSA) is 162 Å². The Bertz CT molecular complexity index is 769. The van der Waals surface area contributed by atoms with Crippen LogP contribution in [0, 0.1) is 20.2 Å². The third-order valence-electron chi connectivity index (χ3n) is 2.51. The second-order valence-electron chi connectivity index (χ2n) is 3.99. The van der Waals surface area contributed by atoms with E-state index in [1.165, 1.54) is 7.05 Å². The number of nitro groups is 2. The number of aromatic hydroxyl groups is 1. The van der Waals surface area contributed by atoms with Crippen LogP contribution in [0.5, 0.6) is 5.75 Å². The van der Waals surface area contributed by atoms with Crippen molar-refractivity contribution in [2.75, 3.05) is 5.43 Å². The molecule has 0 atom stereocenters. The molecule has 0 spiro atoms. The number of phenolic OH excluding ortho intramolecular Hbond substituents is 1. The molecule has 0 amide bonds. The van der Waals surface area contributed by atoms with Gasteiger partial charge in [0, 0.05) is 29.8 Å². The summed E-state index contributed by atoms with van der Waals surface area (Å²) in [5, 5.41) is 38.0. The number of non-ortho nitro benzene ring substituents is 1. The second kappa shape index (κ2) is 5.82. The number of benzene rings is 1. The summed E-state index contributed by atoms with van der Waals surface area (Å²) in [7, 11) is 1.42. The van der Waals surface area contributed by atoms with Gasteiger partial charge in [-0.05, 0) is 16.0 Å². The van der Waals surface area contributed by atoms with Gasteiger partial charge in [0.1, 0.15) is 5.75 Å². The van der Waals surface area contributed by atoms with Crippen molar-refractivity contribution in [2.24, 2.45) is 12.1 Å². The highest BCUT2D eigenvalue weighted by Gasteiger charge is 2.18. The Morgan fingerprint density at radius 1 is 1.36 bits per heavy atom. The number of hydrazone groups is 1. The average Bonchev–Trinajstić information content (AvgIpc) is 2.82.